The molecular formula is C21H23ClIN4O3S-. The van der Waals surface area contributed by atoms with Crippen molar-refractivity contribution in [3.8, 4) is 11.3 Å². The number of fused-ring (bicyclic) bond motifs is 1. The number of H-pyrrole nitrogens is 1. The number of halogens is 2. The van der Waals surface area contributed by atoms with Crippen molar-refractivity contribution < 1.29 is 34.6 Å². The number of hydrogen-bond donors (Lipinski definition) is 2. The van der Waals surface area contributed by atoms with Crippen LogP contribution in [-0.4, -0.2) is 49.0 Å². The van der Waals surface area contributed by atoms with Gasteiger partial charge in [-0.25, -0.2) is 0 Å². The van der Waals surface area contributed by atoms with E-state index in [1.54, 1.807) is 6.07 Å². The second-order valence-electron chi connectivity index (χ2n) is 7.17. The van der Waals surface area contributed by atoms with E-state index in [9.17, 15) is 9.90 Å². The molecule has 0 bridgehead atoms. The fourth-order valence-corrected chi connectivity index (χ4v) is 6.29. The van der Waals surface area contributed by atoms with E-state index in [4.69, 9.17) is 14.7 Å². The van der Waals surface area contributed by atoms with Crippen LogP contribution in [-0.2, 0) is 7.86 Å². The summed E-state index contributed by atoms with van der Waals surface area (Å²) in [5, 5.41) is 10.0. The minimum absolute atomic E-state index is 0.200. The van der Waals surface area contributed by atoms with Crippen molar-refractivity contribution in [2.45, 2.75) is 36.6 Å². The zero-order valence-corrected chi connectivity index (χ0v) is 20.7. The van der Waals surface area contributed by atoms with Gasteiger partial charge < -0.3 is 5.11 Å². The Labute approximate surface area is 200 Å². The van der Waals surface area contributed by atoms with Gasteiger partial charge in [-0.3, -0.25) is 4.79 Å². The number of aromatic amines is 1. The standard InChI is InChI=1S/C21H23ClIN4O3S/c1-2-3-4-17(20(28)29)31-21-24-16-11-15(22)18(25-19(16)26-21)13-5-7-14(8-6-13)27-9-10-30-23-12-27/h5-8,11,17H,2-4,9-10,12H2,1H3,(H,28,29)(H,24,25,26)/q-1. The number of carboxylic acids is 1. The SMILES string of the molecule is CCCCC(Sc1nc2nc(-c3ccc(N4CCO[I-]C4)cc3)c(Cl)cc2[nH]1)C(=O)O. The van der Waals surface area contributed by atoms with Crippen LogP contribution in [0.2, 0.25) is 5.02 Å². The van der Waals surface area contributed by atoms with Gasteiger partial charge in [0.25, 0.3) is 0 Å². The topological polar surface area (TPSA) is 91.3 Å². The van der Waals surface area contributed by atoms with Crippen LogP contribution in [0, 0.1) is 0 Å². The molecule has 1 fully saturated rings. The number of anilines is 1. The number of alkyl halides is 1. The number of aliphatic carboxylic acids is 1. The number of carboxylic acid groups (broad SMARTS) is 1. The first kappa shape index (κ1) is 22.6. The maximum atomic E-state index is 11.6. The van der Waals surface area contributed by atoms with Gasteiger partial charge in [0.15, 0.2) is 0 Å². The maximum absolute atomic E-state index is 11.6. The molecule has 7 nitrogen and oxygen atoms in total. The Morgan fingerprint density at radius 1 is 1.39 bits per heavy atom. The largest absolute Gasteiger partial charge is 0.480 e. The van der Waals surface area contributed by atoms with Crippen molar-refractivity contribution in [2.24, 2.45) is 0 Å². The van der Waals surface area contributed by atoms with E-state index < -0.39 is 11.2 Å². The Balaban J connectivity index is 1.56. The van der Waals surface area contributed by atoms with Crippen LogP contribution in [0.1, 0.15) is 26.2 Å². The molecule has 4 rings (SSSR count). The van der Waals surface area contributed by atoms with Gasteiger partial charge in [-0.1, -0.05) is 19.8 Å². The van der Waals surface area contributed by atoms with Gasteiger partial charge in [0.05, 0.1) is 0 Å². The second kappa shape index (κ2) is 10.4. The third-order valence-electron chi connectivity index (χ3n) is 4.97. The van der Waals surface area contributed by atoms with E-state index in [1.165, 1.54) is 17.4 Å². The second-order valence-corrected chi connectivity index (χ2v) is 10.7. The number of carbonyl (C=O) groups is 1. The summed E-state index contributed by atoms with van der Waals surface area (Å²) < 4.78 is 6.52. The molecule has 0 aliphatic carbocycles. The molecule has 1 saturated heterocycles. The summed E-state index contributed by atoms with van der Waals surface area (Å²) in [4.78, 5) is 26.2. The summed E-state index contributed by atoms with van der Waals surface area (Å²) in [7, 11) is 0. The summed E-state index contributed by atoms with van der Waals surface area (Å²) in [6.07, 6.45) is 2.42. The summed E-state index contributed by atoms with van der Waals surface area (Å²) in [5.41, 5.74) is 3.99. The van der Waals surface area contributed by atoms with Crippen molar-refractivity contribution in [1.29, 1.82) is 0 Å². The molecule has 10 heteroatoms. The number of nitrogens with one attached hydrogen (secondary N) is 1. The van der Waals surface area contributed by atoms with Crippen molar-refractivity contribution in [3.63, 3.8) is 0 Å². The van der Waals surface area contributed by atoms with E-state index in [-0.39, 0.29) is 21.6 Å². The first-order valence-electron chi connectivity index (χ1n) is 10.1. The molecule has 2 N–H and O–H groups in total. The molecule has 0 saturated carbocycles. The number of nitrogens with zero attached hydrogens (tertiary/aromatic N) is 3. The monoisotopic (exact) mass is 573 g/mol. The van der Waals surface area contributed by atoms with E-state index in [1.807, 2.05) is 19.1 Å². The van der Waals surface area contributed by atoms with Gasteiger partial charge >= 0.3 is 160 Å². The Kier molecular flexibility index (Phi) is 7.57. The normalized spacial score (nSPS) is 15.6. The zero-order valence-electron chi connectivity index (χ0n) is 17.0. The number of rotatable bonds is 8. The minimum Gasteiger partial charge on any atom is -0.480 e. The smallest absolute Gasteiger partial charge is 0.317 e. The molecule has 3 aromatic rings. The van der Waals surface area contributed by atoms with Gasteiger partial charge in [0.1, 0.15) is 5.25 Å². The van der Waals surface area contributed by atoms with Crippen LogP contribution in [0.3, 0.4) is 0 Å². The Bertz CT molecular complexity index is 1060. The molecule has 1 aromatic carbocycles. The molecule has 31 heavy (non-hydrogen) atoms. The van der Waals surface area contributed by atoms with Gasteiger partial charge in [-0.15, -0.1) is 0 Å². The Morgan fingerprint density at radius 3 is 2.87 bits per heavy atom. The molecule has 1 unspecified atom stereocenters. The van der Waals surface area contributed by atoms with Gasteiger partial charge in [0.2, 0.25) is 0 Å². The molecule has 0 spiro atoms. The zero-order chi connectivity index (χ0) is 21.8. The molecule has 166 valence electrons. The predicted octanol–water partition coefficient (Wildman–Crippen LogP) is 1.81. The number of hydrogen-bond acceptors (Lipinski definition) is 6. The van der Waals surface area contributed by atoms with Crippen LogP contribution in [0.25, 0.3) is 22.4 Å². The third-order valence-corrected chi connectivity index (χ3v) is 8.38. The average Bonchev–Trinajstić information content (AvgIpc) is 3.17. The fraction of sp³-hybridized carbons (Fsp3) is 0.381. The number of pyridine rings is 1. The quantitative estimate of drug-likeness (QED) is 0.184. The third kappa shape index (κ3) is 5.44. The van der Waals surface area contributed by atoms with Gasteiger partial charge in [-0.2, -0.15) is 0 Å². The van der Waals surface area contributed by atoms with Crippen LogP contribution in [0.4, 0.5) is 5.69 Å². The average molecular weight is 574 g/mol. The first-order valence-corrected chi connectivity index (χ1v) is 13.7. The van der Waals surface area contributed by atoms with Crippen LogP contribution < -0.4 is 26.5 Å². The summed E-state index contributed by atoms with van der Waals surface area (Å²) in [6.45, 7) is 3.75. The number of benzene rings is 1. The number of aromatic nitrogens is 3. The number of imidazole rings is 1. The molecule has 2 aromatic heterocycles. The number of unbranched alkanes of at least 4 members (excludes halogenated alkanes) is 1. The van der Waals surface area contributed by atoms with Crippen molar-refractivity contribution in [1.82, 2.24) is 15.0 Å². The van der Waals surface area contributed by atoms with Crippen LogP contribution >= 0.6 is 23.4 Å². The molecular weight excluding hydrogens is 551 g/mol. The molecule has 3 heterocycles. The minimum atomic E-state index is -0.826. The molecule has 1 aliphatic heterocycles. The van der Waals surface area contributed by atoms with Crippen molar-refractivity contribution in [3.05, 3.63) is 35.4 Å². The predicted molar refractivity (Wildman–Crippen MR) is 119 cm³/mol. The fourth-order valence-electron chi connectivity index (χ4n) is 3.29. The van der Waals surface area contributed by atoms with Crippen LogP contribution in [0.15, 0.2) is 35.5 Å². The maximum Gasteiger partial charge on any atom is 0.317 e. The van der Waals surface area contributed by atoms with E-state index in [0.717, 1.165) is 36.1 Å². The van der Waals surface area contributed by atoms with E-state index >= 15 is 0 Å². The van der Waals surface area contributed by atoms with Crippen LogP contribution in [0.5, 0.6) is 0 Å². The molecule has 0 amide bonds. The number of thioether (sulfide) groups is 1. The summed E-state index contributed by atoms with van der Waals surface area (Å²) >= 11 is 7.55. The first-order chi connectivity index (χ1) is 15.0. The molecule has 1 atom stereocenters. The molecule has 0 radical (unpaired) electrons. The Morgan fingerprint density at radius 2 is 2.19 bits per heavy atom. The van der Waals surface area contributed by atoms with Gasteiger partial charge in [-0.05, 0) is 6.42 Å². The van der Waals surface area contributed by atoms with Crippen molar-refractivity contribution >= 4 is 46.2 Å². The van der Waals surface area contributed by atoms with Crippen molar-refractivity contribution in [2.75, 3.05) is 22.6 Å². The Hall–Kier alpha value is -1.56. The van der Waals surface area contributed by atoms with E-state index in [2.05, 4.69) is 32.0 Å². The van der Waals surface area contributed by atoms with Gasteiger partial charge in [0, 0.05) is 0 Å². The molecule has 1 aliphatic rings. The summed E-state index contributed by atoms with van der Waals surface area (Å²) in [6, 6.07) is 10.0. The summed E-state index contributed by atoms with van der Waals surface area (Å²) in [5.74, 6) is -0.826. The van der Waals surface area contributed by atoms with E-state index in [0.29, 0.717) is 33.5 Å².